The first-order valence-electron chi connectivity index (χ1n) is 7.94. The Morgan fingerprint density at radius 2 is 1.71 bits per heavy atom. The molecule has 0 aliphatic carbocycles. The highest BCUT2D eigenvalue weighted by Gasteiger charge is 2.22. The minimum absolute atomic E-state index is 0.697. The monoisotopic (exact) mass is 290 g/mol. The highest BCUT2D eigenvalue weighted by molar-refractivity contribution is 5.63. The van der Waals surface area contributed by atoms with Crippen molar-refractivity contribution in [3.05, 3.63) is 6.20 Å². The largest absolute Gasteiger partial charge is 0.394 e. The van der Waals surface area contributed by atoms with E-state index in [0.29, 0.717) is 5.69 Å². The molecule has 0 atom stereocenters. The van der Waals surface area contributed by atoms with Gasteiger partial charge in [0.2, 0.25) is 5.95 Å². The molecule has 2 saturated heterocycles. The zero-order valence-corrected chi connectivity index (χ0v) is 13.1. The lowest BCUT2D eigenvalue weighted by Gasteiger charge is -2.34. The molecular formula is C15H26N6. The van der Waals surface area contributed by atoms with Gasteiger partial charge in [0.1, 0.15) is 0 Å². The summed E-state index contributed by atoms with van der Waals surface area (Å²) in [6, 6.07) is 0. The van der Waals surface area contributed by atoms with Crippen molar-refractivity contribution in [1.29, 1.82) is 0 Å². The molecule has 0 amide bonds. The Hall–Kier alpha value is -1.56. The molecule has 0 aromatic carbocycles. The van der Waals surface area contributed by atoms with E-state index in [1.165, 1.54) is 12.8 Å². The van der Waals surface area contributed by atoms with Gasteiger partial charge in [-0.1, -0.05) is 6.92 Å². The molecule has 6 nitrogen and oxygen atoms in total. The van der Waals surface area contributed by atoms with Crippen LogP contribution in [0.25, 0.3) is 0 Å². The summed E-state index contributed by atoms with van der Waals surface area (Å²) >= 11 is 0. The molecule has 6 heteroatoms. The Kier molecular flexibility index (Phi) is 4.14. The van der Waals surface area contributed by atoms with Crippen LogP contribution in [0.3, 0.4) is 0 Å². The van der Waals surface area contributed by atoms with Gasteiger partial charge in [0.05, 0.1) is 11.9 Å². The van der Waals surface area contributed by atoms with Crippen molar-refractivity contribution in [2.75, 3.05) is 61.8 Å². The van der Waals surface area contributed by atoms with Crippen molar-refractivity contribution in [1.82, 2.24) is 14.9 Å². The summed E-state index contributed by atoms with van der Waals surface area (Å²) in [5.74, 6) is 2.55. The lowest BCUT2D eigenvalue weighted by molar-refractivity contribution is 0.311. The molecule has 0 bridgehead atoms. The van der Waals surface area contributed by atoms with Gasteiger partial charge in [-0.15, -0.1) is 0 Å². The number of hydrogen-bond donors (Lipinski definition) is 1. The van der Waals surface area contributed by atoms with Gasteiger partial charge in [-0.3, -0.25) is 0 Å². The topological polar surface area (TPSA) is 61.5 Å². The first-order valence-corrected chi connectivity index (χ1v) is 7.94. The summed E-state index contributed by atoms with van der Waals surface area (Å²) in [7, 11) is 2.15. The van der Waals surface area contributed by atoms with Gasteiger partial charge in [0.25, 0.3) is 0 Å². The number of nitrogens with two attached hydrogens (primary N) is 1. The van der Waals surface area contributed by atoms with Crippen LogP contribution in [0, 0.1) is 5.92 Å². The quantitative estimate of drug-likeness (QED) is 0.878. The molecule has 2 N–H and O–H groups in total. The lowest BCUT2D eigenvalue weighted by Crippen LogP contribution is -2.45. The molecule has 2 aliphatic heterocycles. The molecule has 21 heavy (non-hydrogen) atoms. The predicted octanol–water partition coefficient (Wildman–Crippen LogP) is 1.05. The van der Waals surface area contributed by atoms with Crippen molar-refractivity contribution in [2.24, 2.45) is 5.92 Å². The number of anilines is 3. The lowest BCUT2D eigenvalue weighted by atomic mass is 9.99. The Balaban J connectivity index is 1.76. The smallest absolute Gasteiger partial charge is 0.227 e. The summed E-state index contributed by atoms with van der Waals surface area (Å²) in [6.07, 6.45) is 4.20. The van der Waals surface area contributed by atoms with Crippen molar-refractivity contribution >= 4 is 17.5 Å². The fraction of sp³-hybridized carbons (Fsp3) is 0.733. The SMILES string of the molecule is CC1CCN(c2nc(N3CCN(C)CC3)ncc2N)CC1. The van der Waals surface area contributed by atoms with E-state index < -0.39 is 0 Å². The third-order valence-electron chi connectivity index (χ3n) is 4.65. The molecule has 1 aromatic rings. The van der Waals surface area contributed by atoms with E-state index in [2.05, 4.69) is 33.7 Å². The number of rotatable bonds is 2. The molecule has 2 fully saturated rings. The average molecular weight is 290 g/mol. The first kappa shape index (κ1) is 14.4. The van der Waals surface area contributed by atoms with Gasteiger partial charge in [0.15, 0.2) is 5.82 Å². The molecular weight excluding hydrogens is 264 g/mol. The van der Waals surface area contributed by atoms with Gasteiger partial charge in [0, 0.05) is 39.3 Å². The maximum absolute atomic E-state index is 6.11. The number of piperazine rings is 1. The van der Waals surface area contributed by atoms with Crippen LogP contribution in [0.1, 0.15) is 19.8 Å². The van der Waals surface area contributed by atoms with Crippen LogP contribution >= 0.6 is 0 Å². The van der Waals surface area contributed by atoms with Gasteiger partial charge >= 0.3 is 0 Å². The van der Waals surface area contributed by atoms with Gasteiger partial charge < -0.3 is 20.4 Å². The fourth-order valence-electron chi connectivity index (χ4n) is 3.01. The third-order valence-corrected chi connectivity index (χ3v) is 4.65. The third kappa shape index (κ3) is 3.20. The number of likely N-dealkylation sites (N-methyl/N-ethyl adjacent to an activating group) is 1. The minimum atomic E-state index is 0.697. The van der Waals surface area contributed by atoms with Crippen LogP contribution < -0.4 is 15.5 Å². The van der Waals surface area contributed by atoms with Gasteiger partial charge in [-0.25, -0.2) is 4.98 Å². The van der Waals surface area contributed by atoms with Crippen LogP contribution in [0.4, 0.5) is 17.5 Å². The molecule has 2 aliphatic rings. The number of piperidine rings is 1. The Labute approximate surface area is 126 Å². The van der Waals surface area contributed by atoms with Gasteiger partial charge in [-0.2, -0.15) is 4.98 Å². The highest BCUT2D eigenvalue weighted by atomic mass is 15.3. The number of nitrogen functional groups attached to an aromatic ring is 1. The van der Waals surface area contributed by atoms with Crippen LogP contribution in [0.15, 0.2) is 6.20 Å². The normalized spacial score (nSPS) is 21.8. The minimum Gasteiger partial charge on any atom is -0.394 e. The molecule has 0 spiro atoms. The van der Waals surface area contributed by atoms with Crippen LogP contribution in [0.2, 0.25) is 0 Å². The van der Waals surface area contributed by atoms with E-state index in [9.17, 15) is 0 Å². The van der Waals surface area contributed by atoms with Crippen molar-refractivity contribution in [2.45, 2.75) is 19.8 Å². The molecule has 3 rings (SSSR count). The Morgan fingerprint density at radius 3 is 2.38 bits per heavy atom. The number of hydrogen-bond acceptors (Lipinski definition) is 6. The second-order valence-electron chi connectivity index (χ2n) is 6.41. The summed E-state index contributed by atoms with van der Waals surface area (Å²) in [5.41, 5.74) is 6.81. The molecule has 3 heterocycles. The summed E-state index contributed by atoms with van der Waals surface area (Å²) < 4.78 is 0. The van der Waals surface area contributed by atoms with E-state index in [4.69, 9.17) is 10.7 Å². The zero-order valence-electron chi connectivity index (χ0n) is 13.1. The average Bonchev–Trinajstić information content (AvgIpc) is 2.50. The van der Waals surface area contributed by atoms with E-state index in [0.717, 1.165) is 57.0 Å². The van der Waals surface area contributed by atoms with Crippen LogP contribution in [-0.2, 0) is 0 Å². The molecule has 0 unspecified atom stereocenters. The maximum Gasteiger partial charge on any atom is 0.227 e. The summed E-state index contributed by atoms with van der Waals surface area (Å²) in [4.78, 5) is 16.1. The van der Waals surface area contributed by atoms with E-state index in [-0.39, 0.29) is 0 Å². The van der Waals surface area contributed by atoms with E-state index in [1.807, 2.05) is 0 Å². The van der Waals surface area contributed by atoms with Crippen molar-refractivity contribution in [3.8, 4) is 0 Å². The Bertz CT molecular complexity index is 475. The second kappa shape index (κ2) is 6.05. The second-order valence-corrected chi connectivity index (χ2v) is 6.41. The van der Waals surface area contributed by atoms with Crippen molar-refractivity contribution < 1.29 is 0 Å². The maximum atomic E-state index is 6.11. The highest BCUT2D eigenvalue weighted by Crippen LogP contribution is 2.27. The van der Waals surface area contributed by atoms with E-state index >= 15 is 0 Å². The van der Waals surface area contributed by atoms with Gasteiger partial charge in [-0.05, 0) is 25.8 Å². The summed E-state index contributed by atoms with van der Waals surface area (Å²) in [6.45, 7) is 8.49. The molecule has 1 aromatic heterocycles. The van der Waals surface area contributed by atoms with Crippen LogP contribution in [-0.4, -0.2) is 61.2 Å². The first-order chi connectivity index (χ1) is 10.1. The van der Waals surface area contributed by atoms with E-state index in [1.54, 1.807) is 6.20 Å². The fourth-order valence-corrected chi connectivity index (χ4v) is 3.01. The summed E-state index contributed by atoms with van der Waals surface area (Å²) in [5, 5.41) is 0. The Morgan fingerprint density at radius 1 is 1.05 bits per heavy atom. The number of aromatic nitrogens is 2. The standard InChI is InChI=1S/C15H26N6/c1-12-3-5-20(6-4-12)14-13(16)11-17-15(18-14)21-9-7-19(2)8-10-21/h11-12H,3-10,16H2,1-2H3. The number of nitrogens with zero attached hydrogens (tertiary/aromatic N) is 5. The zero-order chi connectivity index (χ0) is 14.8. The predicted molar refractivity (Wildman–Crippen MR) is 86.8 cm³/mol. The molecule has 0 radical (unpaired) electrons. The van der Waals surface area contributed by atoms with Crippen LogP contribution in [0.5, 0.6) is 0 Å². The molecule has 0 saturated carbocycles. The van der Waals surface area contributed by atoms with Crippen molar-refractivity contribution in [3.63, 3.8) is 0 Å². The molecule has 116 valence electrons.